The van der Waals surface area contributed by atoms with Gasteiger partial charge in [-0.1, -0.05) is 5.16 Å². The SMILES string of the molecule is CCN(CCC(N)=NO)C(=O)C1CCCS1. The maximum absolute atomic E-state index is 12.0. The molecule has 6 heteroatoms. The van der Waals surface area contributed by atoms with Crippen LogP contribution in [0.25, 0.3) is 0 Å². The van der Waals surface area contributed by atoms with Crippen molar-refractivity contribution in [3.8, 4) is 0 Å². The third-order valence-electron chi connectivity index (χ3n) is 2.66. The number of hydrogen-bond donors (Lipinski definition) is 2. The second kappa shape index (κ2) is 6.62. The summed E-state index contributed by atoms with van der Waals surface area (Å²) in [7, 11) is 0. The summed E-state index contributed by atoms with van der Waals surface area (Å²) in [4.78, 5) is 13.8. The molecule has 1 fully saturated rings. The Labute approximate surface area is 100 Å². The summed E-state index contributed by atoms with van der Waals surface area (Å²) in [5, 5.41) is 11.4. The van der Waals surface area contributed by atoms with E-state index in [4.69, 9.17) is 10.9 Å². The lowest BCUT2D eigenvalue weighted by molar-refractivity contribution is -0.130. The number of carbonyl (C=O) groups is 1. The molecule has 0 bridgehead atoms. The summed E-state index contributed by atoms with van der Waals surface area (Å²) in [6.07, 6.45) is 2.52. The smallest absolute Gasteiger partial charge is 0.235 e. The molecular formula is C10H19N3O2S. The van der Waals surface area contributed by atoms with Gasteiger partial charge < -0.3 is 15.8 Å². The molecule has 0 saturated carbocycles. The number of oxime groups is 1. The normalized spacial score (nSPS) is 21.1. The molecule has 0 aromatic heterocycles. The van der Waals surface area contributed by atoms with Gasteiger partial charge in [-0.25, -0.2) is 0 Å². The van der Waals surface area contributed by atoms with Crippen LogP contribution >= 0.6 is 11.8 Å². The molecule has 1 aliphatic heterocycles. The third-order valence-corrected chi connectivity index (χ3v) is 4.03. The summed E-state index contributed by atoms with van der Waals surface area (Å²) in [5.41, 5.74) is 5.39. The molecular weight excluding hydrogens is 226 g/mol. The molecule has 0 aliphatic carbocycles. The summed E-state index contributed by atoms with van der Waals surface area (Å²) < 4.78 is 0. The van der Waals surface area contributed by atoms with Gasteiger partial charge in [-0.05, 0) is 25.5 Å². The van der Waals surface area contributed by atoms with Crippen LogP contribution in [0.4, 0.5) is 0 Å². The van der Waals surface area contributed by atoms with E-state index in [0.29, 0.717) is 19.5 Å². The Kier molecular flexibility index (Phi) is 5.45. The van der Waals surface area contributed by atoms with Crippen LogP contribution < -0.4 is 5.73 Å². The molecule has 16 heavy (non-hydrogen) atoms. The minimum Gasteiger partial charge on any atom is -0.409 e. The van der Waals surface area contributed by atoms with Crippen LogP contribution in [-0.2, 0) is 4.79 Å². The predicted octanol–water partition coefficient (Wildman–Crippen LogP) is 0.867. The van der Waals surface area contributed by atoms with Crippen molar-refractivity contribution in [1.82, 2.24) is 4.90 Å². The topological polar surface area (TPSA) is 78.9 Å². The molecule has 5 nitrogen and oxygen atoms in total. The van der Waals surface area contributed by atoms with Crippen LogP contribution in [0, 0.1) is 0 Å². The van der Waals surface area contributed by atoms with E-state index < -0.39 is 0 Å². The maximum atomic E-state index is 12.0. The number of hydrogen-bond acceptors (Lipinski definition) is 4. The summed E-state index contributed by atoms with van der Waals surface area (Å²) in [5.74, 6) is 1.44. The van der Waals surface area contributed by atoms with Gasteiger partial charge in [0.05, 0.1) is 5.25 Å². The van der Waals surface area contributed by atoms with E-state index in [9.17, 15) is 4.79 Å². The molecule has 3 N–H and O–H groups in total. The number of nitrogens with two attached hydrogens (primary N) is 1. The van der Waals surface area contributed by atoms with E-state index in [2.05, 4.69) is 5.16 Å². The van der Waals surface area contributed by atoms with Crippen LogP contribution in [-0.4, -0.2) is 45.9 Å². The lowest BCUT2D eigenvalue weighted by atomic mass is 10.2. The van der Waals surface area contributed by atoms with Gasteiger partial charge >= 0.3 is 0 Å². The maximum Gasteiger partial charge on any atom is 0.235 e. The van der Waals surface area contributed by atoms with Crippen LogP contribution in [0.2, 0.25) is 0 Å². The van der Waals surface area contributed by atoms with Crippen molar-refractivity contribution in [2.24, 2.45) is 10.9 Å². The zero-order valence-corrected chi connectivity index (χ0v) is 10.4. The molecule has 1 saturated heterocycles. The van der Waals surface area contributed by atoms with E-state index in [1.807, 2.05) is 6.92 Å². The van der Waals surface area contributed by atoms with Gasteiger partial charge in [0, 0.05) is 19.5 Å². The van der Waals surface area contributed by atoms with Gasteiger partial charge in [0.2, 0.25) is 5.91 Å². The first kappa shape index (κ1) is 13.2. The van der Waals surface area contributed by atoms with Crippen molar-refractivity contribution < 1.29 is 10.0 Å². The second-order valence-electron chi connectivity index (χ2n) is 3.76. The molecule has 1 amide bonds. The largest absolute Gasteiger partial charge is 0.409 e. The molecule has 1 unspecified atom stereocenters. The Morgan fingerprint density at radius 3 is 2.94 bits per heavy atom. The highest BCUT2D eigenvalue weighted by Gasteiger charge is 2.26. The van der Waals surface area contributed by atoms with Gasteiger partial charge in [-0.2, -0.15) is 0 Å². The Morgan fingerprint density at radius 1 is 1.69 bits per heavy atom. The van der Waals surface area contributed by atoms with Crippen LogP contribution in [0.1, 0.15) is 26.2 Å². The highest BCUT2D eigenvalue weighted by atomic mass is 32.2. The quantitative estimate of drug-likeness (QED) is 0.326. The van der Waals surface area contributed by atoms with E-state index in [0.717, 1.165) is 18.6 Å². The monoisotopic (exact) mass is 245 g/mol. The predicted molar refractivity (Wildman–Crippen MR) is 65.8 cm³/mol. The average molecular weight is 245 g/mol. The fourth-order valence-corrected chi connectivity index (χ4v) is 2.94. The molecule has 92 valence electrons. The Bertz CT molecular complexity index is 265. The lowest BCUT2D eigenvalue weighted by Gasteiger charge is -2.23. The number of amidine groups is 1. The van der Waals surface area contributed by atoms with Crippen molar-refractivity contribution in [1.29, 1.82) is 0 Å². The highest BCUT2D eigenvalue weighted by Crippen LogP contribution is 2.27. The molecule has 1 rings (SSSR count). The van der Waals surface area contributed by atoms with E-state index >= 15 is 0 Å². The molecule has 1 heterocycles. The molecule has 1 aliphatic rings. The van der Waals surface area contributed by atoms with Gasteiger partial charge in [-0.15, -0.1) is 11.8 Å². The molecule has 0 aromatic rings. The zero-order valence-electron chi connectivity index (χ0n) is 9.56. The summed E-state index contributed by atoms with van der Waals surface area (Å²) in [6.45, 7) is 3.15. The number of rotatable bonds is 5. The number of thioether (sulfide) groups is 1. The first-order valence-corrected chi connectivity index (χ1v) is 6.60. The Balaban J connectivity index is 2.43. The van der Waals surface area contributed by atoms with Crippen molar-refractivity contribution in [3.63, 3.8) is 0 Å². The summed E-state index contributed by atoms with van der Waals surface area (Å²) >= 11 is 1.73. The first-order valence-electron chi connectivity index (χ1n) is 5.55. The van der Waals surface area contributed by atoms with Gasteiger partial charge in [-0.3, -0.25) is 4.79 Å². The molecule has 0 radical (unpaired) electrons. The second-order valence-corrected chi connectivity index (χ2v) is 5.07. The van der Waals surface area contributed by atoms with E-state index in [-0.39, 0.29) is 17.0 Å². The van der Waals surface area contributed by atoms with Gasteiger partial charge in [0.1, 0.15) is 5.84 Å². The number of nitrogens with zero attached hydrogens (tertiary/aromatic N) is 2. The Hall–Kier alpha value is -0.910. The molecule has 0 spiro atoms. The molecule has 1 atom stereocenters. The van der Waals surface area contributed by atoms with Gasteiger partial charge in [0.25, 0.3) is 0 Å². The molecule has 0 aromatic carbocycles. The zero-order chi connectivity index (χ0) is 12.0. The van der Waals surface area contributed by atoms with Crippen LogP contribution in [0.5, 0.6) is 0 Å². The first-order chi connectivity index (χ1) is 7.69. The summed E-state index contributed by atoms with van der Waals surface area (Å²) in [6, 6.07) is 0. The third kappa shape index (κ3) is 3.59. The highest BCUT2D eigenvalue weighted by molar-refractivity contribution is 8.00. The minimum absolute atomic E-state index is 0.118. The van der Waals surface area contributed by atoms with E-state index in [1.54, 1.807) is 16.7 Å². The average Bonchev–Trinajstić information content (AvgIpc) is 2.82. The fourth-order valence-electron chi connectivity index (χ4n) is 1.70. The van der Waals surface area contributed by atoms with Crippen LogP contribution in [0.15, 0.2) is 5.16 Å². The Morgan fingerprint density at radius 2 is 2.44 bits per heavy atom. The van der Waals surface area contributed by atoms with Crippen LogP contribution in [0.3, 0.4) is 0 Å². The fraction of sp³-hybridized carbons (Fsp3) is 0.800. The van der Waals surface area contributed by atoms with Crippen molar-refractivity contribution >= 4 is 23.5 Å². The van der Waals surface area contributed by atoms with E-state index in [1.165, 1.54) is 0 Å². The minimum atomic E-state index is 0.118. The van der Waals surface area contributed by atoms with Gasteiger partial charge in [0.15, 0.2) is 0 Å². The standard InChI is InChI=1S/C10H19N3O2S/c1-2-13(6-5-9(11)12-15)10(14)8-4-3-7-16-8/h8,15H,2-7H2,1H3,(H2,11,12). The van der Waals surface area contributed by atoms with Crippen molar-refractivity contribution in [3.05, 3.63) is 0 Å². The number of carbonyl (C=O) groups excluding carboxylic acids is 1. The lowest BCUT2D eigenvalue weighted by Crippen LogP contribution is -2.38. The van der Waals surface area contributed by atoms with Crippen molar-refractivity contribution in [2.45, 2.75) is 31.4 Å². The number of amides is 1. The van der Waals surface area contributed by atoms with Crippen molar-refractivity contribution in [2.75, 3.05) is 18.8 Å².